The first-order chi connectivity index (χ1) is 25.6. The SMILES string of the molecule is CC(=O)O[C@@H]1C[C@]2(O)[C@@H]3CCC4=C[C@@H](O[C@@H]5O[C@H](CO)[C@@H](O[C@@H]6O[C@H](CO)[C@@H](O)[C@H](O)[C@H]6O)[C@H](O)[C@H]5O)CC[C@@]4(C)[C@H]3CC[C@]2(C)[C@H]1c1ccc(=O)oc1. The van der Waals surface area contributed by atoms with Gasteiger partial charge in [0.15, 0.2) is 12.6 Å². The molecule has 6 aliphatic rings. The lowest BCUT2D eigenvalue weighted by atomic mass is 9.45. The molecule has 18 atom stereocenters. The molecule has 5 fully saturated rings. The summed E-state index contributed by atoms with van der Waals surface area (Å²) in [5.74, 6) is -0.794. The van der Waals surface area contributed by atoms with E-state index in [1.54, 1.807) is 6.07 Å². The van der Waals surface area contributed by atoms with Crippen molar-refractivity contribution in [1.82, 2.24) is 0 Å². The Hall–Kier alpha value is -2.32. The zero-order valence-electron chi connectivity index (χ0n) is 30.7. The Bertz CT molecular complexity index is 1590. The van der Waals surface area contributed by atoms with E-state index in [0.717, 1.165) is 12.0 Å². The molecule has 0 unspecified atom stereocenters. The molecule has 8 N–H and O–H groups in total. The number of fused-ring (bicyclic) bond motifs is 5. The molecular formula is C38H54O16. The van der Waals surface area contributed by atoms with Crippen LogP contribution in [0, 0.1) is 22.7 Å². The lowest BCUT2D eigenvalue weighted by Gasteiger charge is -2.61. The van der Waals surface area contributed by atoms with E-state index in [1.807, 2.05) is 6.08 Å². The third-order valence-corrected chi connectivity index (χ3v) is 13.9. The number of ether oxygens (including phenoxy) is 5. The van der Waals surface area contributed by atoms with Crippen molar-refractivity contribution in [2.75, 3.05) is 13.2 Å². The number of aliphatic hydroxyl groups excluding tert-OH is 7. The smallest absolute Gasteiger partial charge is 0.335 e. The van der Waals surface area contributed by atoms with Crippen LogP contribution in [0.3, 0.4) is 0 Å². The fourth-order valence-corrected chi connectivity index (χ4v) is 11.1. The van der Waals surface area contributed by atoms with Gasteiger partial charge in [0, 0.05) is 30.7 Å². The second kappa shape index (κ2) is 14.9. The van der Waals surface area contributed by atoms with Crippen molar-refractivity contribution in [2.24, 2.45) is 22.7 Å². The van der Waals surface area contributed by atoms with Crippen LogP contribution in [-0.4, -0.2) is 139 Å². The van der Waals surface area contributed by atoms with Crippen molar-refractivity contribution in [2.45, 2.75) is 151 Å². The quantitative estimate of drug-likeness (QED) is 0.121. The van der Waals surface area contributed by atoms with Gasteiger partial charge >= 0.3 is 11.6 Å². The van der Waals surface area contributed by atoms with E-state index in [0.29, 0.717) is 37.7 Å². The van der Waals surface area contributed by atoms with Gasteiger partial charge in [-0.25, -0.2) is 4.79 Å². The van der Waals surface area contributed by atoms with Crippen molar-refractivity contribution >= 4 is 5.97 Å². The average molecular weight is 767 g/mol. The Kier molecular flexibility index (Phi) is 11.0. The van der Waals surface area contributed by atoms with E-state index in [2.05, 4.69) is 13.8 Å². The van der Waals surface area contributed by atoms with Crippen LogP contribution in [0.5, 0.6) is 0 Å². The molecule has 1 aromatic heterocycles. The molecule has 0 radical (unpaired) electrons. The van der Waals surface area contributed by atoms with Gasteiger partial charge in [0.05, 0.1) is 31.2 Å². The number of rotatable bonds is 8. The van der Waals surface area contributed by atoms with Gasteiger partial charge in [0.1, 0.15) is 54.9 Å². The zero-order chi connectivity index (χ0) is 38.9. The maximum absolute atomic E-state index is 12.8. The van der Waals surface area contributed by atoms with E-state index in [9.17, 15) is 50.4 Å². The summed E-state index contributed by atoms with van der Waals surface area (Å²) < 4.78 is 34.3. The van der Waals surface area contributed by atoms with Gasteiger partial charge in [-0.05, 0) is 67.4 Å². The standard InChI is InChI=1S/C38H54O16/c1-17(41)50-23-13-38(48)22-6-5-19-12-20(8-10-36(19,2)21(22)9-11-37(38,3)27(23)18-4-7-26(42)49-16-18)51-34-32(47)30(45)33(25(15-40)53-34)54-35-31(46)29(44)28(43)24(14-39)52-35/h4,7,12,16,20-25,27-35,39-40,43-48H,5-6,8-11,13-15H2,1-3H3/t20-,21-,22+,23+,24+,25+,27-,28+,29-,30+,31+,32+,33+,34+,35-,36+,37+,38-/m0/s1. The maximum Gasteiger partial charge on any atom is 0.335 e. The van der Waals surface area contributed by atoms with Crippen molar-refractivity contribution in [3.8, 4) is 0 Å². The number of esters is 1. The third kappa shape index (κ3) is 6.49. The molecule has 3 saturated carbocycles. The normalized spacial score (nSPS) is 48.9. The van der Waals surface area contributed by atoms with E-state index >= 15 is 0 Å². The minimum Gasteiger partial charge on any atom is -0.462 e. The fraction of sp³-hybridized carbons (Fsp3) is 0.789. The van der Waals surface area contributed by atoms with E-state index < -0.39 is 109 Å². The molecular weight excluding hydrogens is 712 g/mol. The predicted octanol–water partition coefficient (Wildman–Crippen LogP) is -0.648. The molecule has 16 heteroatoms. The first-order valence-corrected chi connectivity index (χ1v) is 19.0. The van der Waals surface area contributed by atoms with Crippen LogP contribution in [0.4, 0.5) is 0 Å². The lowest BCUT2D eigenvalue weighted by Crippen LogP contribution is -2.65. The maximum atomic E-state index is 12.8. The highest BCUT2D eigenvalue weighted by molar-refractivity contribution is 5.66. The van der Waals surface area contributed by atoms with Gasteiger partial charge in [0.25, 0.3) is 0 Å². The van der Waals surface area contributed by atoms with E-state index in [4.69, 9.17) is 28.1 Å². The summed E-state index contributed by atoms with van der Waals surface area (Å²) in [6.45, 7) is 4.28. The van der Waals surface area contributed by atoms with Gasteiger partial charge in [-0.3, -0.25) is 4.79 Å². The van der Waals surface area contributed by atoms with Gasteiger partial charge in [-0.2, -0.15) is 0 Å². The number of aliphatic hydroxyl groups is 8. The highest BCUT2D eigenvalue weighted by atomic mass is 16.7. The van der Waals surface area contributed by atoms with Crippen LogP contribution in [0.25, 0.3) is 0 Å². The number of hydrogen-bond donors (Lipinski definition) is 8. The third-order valence-electron chi connectivity index (χ3n) is 13.9. The van der Waals surface area contributed by atoms with Crippen LogP contribution in [0.1, 0.15) is 77.2 Å². The van der Waals surface area contributed by atoms with Crippen molar-refractivity contribution in [3.05, 3.63) is 46.0 Å². The van der Waals surface area contributed by atoms with E-state index in [-0.39, 0.29) is 29.6 Å². The Morgan fingerprint density at radius 3 is 2.20 bits per heavy atom. The molecule has 2 aliphatic heterocycles. The fourth-order valence-electron chi connectivity index (χ4n) is 11.1. The van der Waals surface area contributed by atoms with Crippen molar-refractivity contribution in [1.29, 1.82) is 0 Å². The van der Waals surface area contributed by atoms with Gasteiger partial charge < -0.3 is 69.0 Å². The second-order valence-electron chi connectivity index (χ2n) is 16.7. The topological polar surface area (TPSA) is 255 Å². The molecule has 0 aromatic carbocycles. The number of allylic oxidation sites excluding steroid dienone is 1. The molecule has 7 rings (SSSR count). The number of carbonyl (C=O) groups excluding carboxylic acids is 1. The summed E-state index contributed by atoms with van der Waals surface area (Å²) in [6, 6.07) is 3.05. The van der Waals surface area contributed by atoms with Gasteiger partial charge in [-0.15, -0.1) is 0 Å². The highest BCUT2D eigenvalue weighted by Crippen LogP contribution is 2.70. The van der Waals surface area contributed by atoms with E-state index in [1.165, 1.54) is 19.3 Å². The van der Waals surface area contributed by atoms with Gasteiger partial charge in [0.2, 0.25) is 0 Å². The summed E-state index contributed by atoms with van der Waals surface area (Å²) in [7, 11) is 0. The Balaban J connectivity index is 1.06. The molecule has 3 heterocycles. The Morgan fingerprint density at radius 2 is 1.54 bits per heavy atom. The summed E-state index contributed by atoms with van der Waals surface area (Å²) in [4.78, 5) is 24.1. The Morgan fingerprint density at radius 1 is 0.852 bits per heavy atom. The first kappa shape index (κ1) is 39.9. The average Bonchev–Trinajstić information content (AvgIpc) is 3.37. The molecule has 4 aliphatic carbocycles. The molecule has 0 bridgehead atoms. The molecule has 54 heavy (non-hydrogen) atoms. The second-order valence-corrected chi connectivity index (χ2v) is 16.7. The molecule has 2 saturated heterocycles. The van der Waals surface area contributed by atoms with Crippen LogP contribution in [0.15, 0.2) is 39.3 Å². The molecule has 1 aromatic rings. The summed E-state index contributed by atoms with van der Waals surface area (Å²) in [6.07, 6.45) is -8.70. The van der Waals surface area contributed by atoms with Crippen LogP contribution < -0.4 is 5.63 Å². The van der Waals surface area contributed by atoms with Crippen LogP contribution >= 0.6 is 0 Å². The van der Waals surface area contributed by atoms with Crippen LogP contribution in [0.2, 0.25) is 0 Å². The predicted molar refractivity (Wildman–Crippen MR) is 183 cm³/mol. The van der Waals surface area contributed by atoms with Crippen molar-refractivity contribution in [3.63, 3.8) is 0 Å². The Labute approximate surface area is 312 Å². The van der Waals surface area contributed by atoms with Crippen LogP contribution in [-0.2, 0) is 28.5 Å². The van der Waals surface area contributed by atoms with Gasteiger partial charge in [-0.1, -0.05) is 25.5 Å². The largest absolute Gasteiger partial charge is 0.462 e. The minimum atomic E-state index is -1.77. The van der Waals surface area contributed by atoms with Crippen molar-refractivity contribution < 1.29 is 73.7 Å². The summed E-state index contributed by atoms with van der Waals surface area (Å²) >= 11 is 0. The molecule has 0 amide bonds. The molecule has 16 nitrogen and oxygen atoms in total. The summed E-state index contributed by atoms with van der Waals surface area (Å²) in [5, 5.41) is 85.4. The monoisotopic (exact) mass is 766 g/mol. The summed E-state index contributed by atoms with van der Waals surface area (Å²) in [5.41, 5.74) is -0.708. The molecule has 0 spiro atoms. The lowest BCUT2D eigenvalue weighted by molar-refractivity contribution is -0.361. The zero-order valence-corrected chi connectivity index (χ0v) is 30.7. The molecule has 302 valence electrons. The highest BCUT2D eigenvalue weighted by Gasteiger charge is 2.70. The number of carbonyl (C=O) groups is 1. The minimum absolute atomic E-state index is 0.0979. The number of hydrogen-bond acceptors (Lipinski definition) is 16. The first-order valence-electron chi connectivity index (χ1n) is 19.0.